The van der Waals surface area contributed by atoms with E-state index in [0.717, 1.165) is 17.0 Å². The average molecular weight is 311 g/mol. The van der Waals surface area contributed by atoms with Gasteiger partial charge in [-0.3, -0.25) is 4.79 Å². The van der Waals surface area contributed by atoms with E-state index in [9.17, 15) is 4.79 Å². The molecule has 1 amide bonds. The lowest BCUT2D eigenvalue weighted by Crippen LogP contribution is -2.07. The zero-order chi connectivity index (χ0) is 15.6. The third kappa shape index (κ3) is 5.78. The summed E-state index contributed by atoms with van der Waals surface area (Å²) in [6, 6.07) is 18.0. The van der Waals surface area contributed by atoms with E-state index >= 15 is 0 Å². The Labute approximate surface area is 136 Å². The standard InChI is InChI=1S/C19H21NOS/c1-2-3-7-16-10-12-17(13-11-16)20-19(21)14-15-22-18-8-5-4-6-9-18/h4-6,8-15H,2-3,7H2,1H3,(H,20,21). The van der Waals surface area contributed by atoms with Crippen molar-refractivity contribution in [1.82, 2.24) is 0 Å². The van der Waals surface area contributed by atoms with E-state index in [1.165, 1.54) is 30.2 Å². The van der Waals surface area contributed by atoms with Crippen molar-refractivity contribution in [2.24, 2.45) is 0 Å². The molecule has 0 aromatic heterocycles. The molecule has 0 aliphatic heterocycles. The zero-order valence-electron chi connectivity index (χ0n) is 12.8. The van der Waals surface area contributed by atoms with Crippen LogP contribution in [0.1, 0.15) is 25.3 Å². The molecule has 0 bridgehead atoms. The van der Waals surface area contributed by atoms with E-state index in [-0.39, 0.29) is 5.91 Å². The number of benzene rings is 2. The smallest absolute Gasteiger partial charge is 0.248 e. The first-order chi connectivity index (χ1) is 10.8. The summed E-state index contributed by atoms with van der Waals surface area (Å²) in [6.07, 6.45) is 5.05. The minimum atomic E-state index is -0.107. The quantitative estimate of drug-likeness (QED) is 0.557. The normalized spacial score (nSPS) is 10.8. The molecule has 114 valence electrons. The number of aryl methyl sites for hydroxylation is 1. The summed E-state index contributed by atoms with van der Waals surface area (Å²) in [5.74, 6) is -0.107. The second-order valence-electron chi connectivity index (χ2n) is 5.02. The number of anilines is 1. The average Bonchev–Trinajstić information content (AvgIpc) is 2.55. The molecule has 3 heteroatoms. The fourth-order valence-corrected chi connectivity index (χ4v) is 2.66. The first kappa shape index (κ1) is 16.4. The molecule has 2 aromatic carbocycles. The summed E-state index contributed by atoms with van der Waals surface area (Å²) in [4.78, 5) is 13.0. The van der Waals surface area contributed by atoms with Crippen molar-refractivity contribution in [1.29, 1.82) is 0 Å². The molecule has 2 aromatic rings. The van der Waals surface area contributed by atoms with E-state index in [1.807, 2.05) is 42.5 Å². The summed E-state index contributed by atoms with van der Waals surface area (Å²) < 4.78 is 0. The molecule has 0 atom stereocenters. The summed E-state index contributed by atoms with van der Waals surface area (Å²) in [5.41, 5.74) is 2.15. The molecule has 0 fully saturated rings. The van der Waals surface area contributed by atoms with E-state index in [1.54, 1.807) is 11.5 Å². The maximum absolute atomic E-state index is 11.8. The van der Waals surface area contributed by atoms with Crippen LogP contribution >= 0.6 is 11.8 Å². The third-order valence-corrected chi connectivity index (χ3v) is 4.02. The first-order valence-corrected chi connectivity index (χ1v) is 8.44. The number of unbranched alkanes of at least 4 members (excludes halogenated alkanes) is 1. The van der Waals surface area contributed by atoms with Crippen LogP contribution in [0.3, 0.4) is 0 Å². The molecule has 0 saturated carbocycles. The molecule has 0 unspecified atom stereocenters. The Bertz CT molecular complexity index is 605. The van der Waals surface area contributed by atoms with Gasteiger partial charge in [-0.2, -0.15) is 0 Å². The molecule has 0 heterocycles. The van der Waals surface area contributed by atoms with Gasteiger partial charge >= 0.3 is 0 Å². The van der Waals surface area contributed by atoms with Crippen LogP contribution in [0.15, 0.2) is 71.0 Å². The van der Waals surface area contributed by atoms with Gasteiger partial charge in [0.05, 0.1) is 0 Å². The third-order valence-electron chi connectivity index (χ3n) is 3.21. The molecule has 0 spiro atoms. The summed E-state index contributed by atoms with van der Waals surface area (Å²) >= 11 is 1.53. The maximum atomic E-state index is 11.8. The van der Waals surface area contributed by atoms with E-state index < -0.39 is 0 Å². The minimum absolute atomic E-state index is 0.107. The molecule has 0 saturated heterocycles. The Morgan fingerprint density at radius 3 is 2.50 bits per heavy atom. The number of carbonyl (C=O) groups is 1. The van der Waals surface area contributed by atoms with Gasteiger partial charge in [0.2, 0.25) is 5.91 Å². The number of hydrogen-bond acceptors (Lipinski definition) is 2. The second kappa shape index (κ2) is 9.11. The predicted octanol–water partition coefficient (Wildman–Crippen LogP) is 5.27. The van der Waals surface area contributed by atoms with Crippen LogP contribution in [0.5, 0.6) is 0 Å². The largest absolute Gasteiger partial charge is 0.322 e. The lowest BCUT2D eigenvalue weighted by atomic mass is 10.1. The van der Waals surface area contributed by atoms with Crippen molar-refractivity contribution >= 4 is 23.4 Å². The van der Waals surface area contributed by atoms with Crippen LogP contribution in [0, 0.1) is 0 Å². The van der Waals surface area contributed by atoms with Gasteiger partial charge < -0.3 is 5.32 Å². The number of thioether (sulfide) groups is 1. The van der Waals surface area contributed by atoms with Gasteiger partial charge in [0.1, 0.15) is 0 Å². The molecular weight excluding hydrogens is 290 g/mol. The van der Waals surface area contributed by atoms with E-state index in [4.69, 9.17) is 0 Å². The summed E-state index contributed by atoms with van der Waals surface area (Å²) in [6.45, 7) is 2.19. The SMILES string of the molecule is CCCCc1ccc(NC(=O)C=CSc2ccccc2)cc1. The number of hydrogen-bond donors (Lipinski definition) is 1. The Hall–Kier alpha value is -2.00. The van der Waals surface area contributed by atoms with Crippen LogP contribution < -0.4 is 5.32 Å². The molecule has 0 aliphatic carbocycles. The van der Waals surface area contributed by atoms with Gasteiger partial charge in [0, 0.05) is 16.7 Å². The van der Waals surface area contributed by atoms with Crippen LogP contribution in [0.4, 0.5) is 5.69 Å². The highest BCUT2D eigenvalue weighted by Crippen LogP contribution is 2.18. The van der Waals surface area contributed by atoms with Crippen molar-refractivity contribution in [3.63, 3.8) is 0 Å². The van der Waals surface area contributed by atoms with Crippen molar-refractivity contribution in [3.8, 4) is 0 Å². The molecule has 2 nitrogen and oxygen atoms in total. The molecule has 2 rings (SSSR count). The van der Waals surface area contributed by atoms with Gasteiger partial charge in [-0.1, -0.05) is 55.4 Å². The summed E-state index contributed by atoms with van der Waals surface area (Å²) in [5, 5.41) is 4.68. The topological polar surface area (TPSA) is 29.1 Å². The molecule has 0 aliphatic rings. The van der Waals surface area contributed by atoms with Crippen LogP contribution in [-0.4, -0.2) is 5.91 Å². The number of rotatable bonds is 7. The van der Waals surface area contributed by atoms with Gasteiger partial charge in [-0.05, 0) is 48.1 Å². The molecule has 22 heavy (non-hydrogen) atoms. The first-order valence-electron chi connectivity index (χ1n) is 7.56. The Kier molecular flexibility index (Phi) is 6.78. The van der Waals surface area contributed by atoms with Gasteiger partial charge in [-0.25, -0.2) is 0 Å². The minimum Gasteiger partial charge on any atom is -0.322 e. The van der Waals surface area contributed by atoms with Crippen LogP contribution in [-0.2, 0) is 11.2 Å². The van der Waals surface area contributed by atoms with Crippen LogP contribution in [0.2, 0.25) is 0 Å². The molecule has 0 radical (unpaired) electrons. The lowest BCUT2D eigenvalue weighted by molar-refractivity contribution is -0.111. The zero-order valence-corrected chi connectivity index (χ0v) is 13.6. The number of amides is 1. The van der Waals surface area contributed by atoms with E-state index in [2.05, 4.69) is 24.4 Å². The van der Waals surface area contributed by atoms with Crippen molar-refractivity contribution in [3.05, 3.63) is 71.6 Å². The van der Waals surface area contributed by atoms with Gasteiger partial charge in [0.25, 0.3) is 0 Å². The fourth-order valence-electron chi connectivity index (χ4n) is 1.99. The Balaban J connectivity index is 1.81. The number of carbonyl (C=O) groups excluding carboxylic acids is 1. The Morgan fingerprint density at radius 2 is 1.82 bits per heavy atom. The maximum Gasteiger partial charge on any atom is 0.248 e. The predicted molar refractivity (Wildman–Crippen MR) is 95.1 cm³/mol. The fraction of sp³-hybridized carbons (Fsp3) is 0.211. The second-order valence-corrected chi connectivity index (χ2v) is 6.00. The highest BCUT2D eigenvalue weighted by Gasteiger charge is 1.98. The Morgan fingerprint density at radius 1 is 1.09 bits per heavy atom. The molecular formula is C19H21NOS. The number of nitrogens with one attached hydrogen (secondary N) is 1. The highest BCUT2D eigenvalue weighted by molar-refractivity contribution is 8.02. The lowest BCUT2D eigenvalue weighted by Gasteiger charge is -2.04. The van der Waals surface area contributed by atoms with E-state index in [0.29, 0.717) is 0 Å². The van der Waals surface area contributed by atoms with Crippen molar-refractivity contribution in [2.45, 2.75) is 31.1 Å². The highest BCUT2D eigenvalue weighted by atomic mass is 32.2. The monoisotopic (exact) mass is 311 g/mol. The van der Waals surface area contributed by atoms with Crippen LogP contribution in [0.25, 0.3) is 0 Å². The molecule has 1 N–H and O–H groups in total. The van der Waals surface area contributed by atoms with Crippen molar-refractivity contribution < 1.29 is 4.79 Å². The summed E-state index contributed by atoms with van der Waals surface area (Å²) in [7, 11) is 0. The van der Waals surface area contributed by atoms with Gasteiger partial charge in [0.15, 0.2) is 0 Å². The van der Waals surface area contributed by atoms with Crippen molar-refractivity contribution in [2.75, 3.05) is 5.32 Å². The van der Waals surface area contributed by atoms with Gasteiger partial charge in [-0.15, -0.1) is 0 Å².